The van der Waals surface area contributed by atoms with Crippen LogP contribution in [-0.4, -0.2) is 12.1 Å². The van der Waals surface area contributed by atoms with Crippen molar-refractivity contribution < 1.29 is 4.42 Å². The average Bonchev–Trinajstić information content (AvgIpc) is 2.97. The molecule has 0 saturated heterocycles. The van der Waals surface area contributed by atoms with Gasteiger partial charge in [-0.3, -0.25) is 0 Å². The van der Waals surface area contributed by atoms with Crippen molar-refractivity contribution in [3.8, 4) is 0 Å². The topological polar surface area (TPSA) is 25.2 Å². The Morgan fingerprint density at radius 3 is 2.25 bits per heavy atom. The summed E-state index contributed by atoms with van der Waals surface area (Å²) in [7, 11) is 0. The quantitative estimate of drug-likeness (QED) is 0.778. The molecular formula is C18H25NO. The Morgan fingerprint density at radius 2 is 1.60 bits per heavy atom. The summed E-state index contributed by atoms with van der Waals surface area (Å²) in [5, 5.41) is 3.67. The van der Waals surface area contributed by atoms with Crippen LogP contribution in [0.5, 0.6) is 0 Å². The van der Waals surface area contributed by atoms with Gasteiger partial charge in [0.15, 0.2) is 0 Å². The summed E-state index contributed by atoms with van der Waals surface area (Å²) < 4.78 is 5.37. The summed E-state index contributed by atoms with van der Waals surface area (Å²) in [4.78, 5) is 0. The molecular weight excluding hydrogens is 246 g/mol. The van der Waals surface area contributed by atoms with Crippen LogP contribution in [-0.2, 0) is 12.8 Å². The molecule has 0 aliphatic carbocycles. The smallest absolute Gasteiger partial charge is 0.103 e. The molecule has 0 radical (unpaired) electrons. The lowest BCUT2D eigenvalue weighted by molar-refractivity contribution is 0.412. The van der Waals surface area contributed by atoms with E-state index in [4.69, 9.17) is 4.42 Å². The van der Waals surface area contributed by atoms with Crippen LogP contribution >= 0.6 is 0 Å². The number of nitrogens with one attached hydrogen (secondary N) is 1. The maximum atomic E-state index is 5.37. The fourth-order valence-corrected chi connectivity index (χ4v) is 2.49. The molecule has 2 atom stereocenters. The predicted octanol–water partition coefficient (Wildman–Crippen LogP) is 4.21. The molecule has 0 spiro atoms. The molecule has 2 aromatic rings. The number of hydrogen-bond donors (Lipinski definition) is 1. The molecule has 1 aromatic heterocycles. The standard InChI is InChI=1S/C18H25NO/c1-15(10-12-17-7-4-3-5-8-17)19-16(2)11-13-18-9-6-14-20-18/h3-9,14-16,19H,10-13H2,1-2H3. The molecule has 0 bridgehead atoms. The van der Waals surface area contributed by atoms with E-state index < -0.39 is 0 Å². The lowest BCUT2D eigenvalue weighted by atomic mass is 10.0. The monoisotopic (exact) mass is 271 g/mol. The van der Waals surface area contributed by atoms with Gasteiger partial charge in [-0.25, -0.2) is 0 Å². The number of hydrogen-bond acceptors (Lipinski definition) is 2. The molecule has 0 aliphatic rings. The van der Waals surface area contributed by atoms with Gasteiger partial charge in [-0.1, -0.05) is 30.3 Å². The van der Waals surface area contributed by atoms with Crippen molar-refractivity contribution in [2.24, 2.45) is 0 Å². The summed E-state index contributed by atoms with van der Waals surface area (Å²) in [6.45, 7) is 4.52. The summed E-state index contributed by atoms with van der Waals surface area (Å²) in [5.74, 6) is 1.08. The van der Waals surface area contributed by atoms with Crippen molar-refractivity contribution in [3.05, 3.63) is 60.1 Å². The third kappa shape index (κ3) is 5.22. The Kier molecular flexibility index (Phi) is 5.87. The van der Waals surface area contributed by atoms with Gasteiger partial charge in [-0.15, -0.1) is 0 Å². The van der Waals surface area contributed by atoms with E-state index in [1.165, 1.54) is 12.0 Å². The maximum absolute atomic E-state index is 5.37. The van der Waals surface area contributed by atoms with Gasteiger partial charge in [0.05, 0.1) is 6.26 Å². The minimum absolute atomic E-state index is 0.519. The first kappa shape index (κ1) is 14.9. The molecule has 2 nitrogen and oxygen atoms in total. The Labute approximate surface area is 122 Å². The minimum Gasteiger partial charge on any atom is -0.469 e. The second-order valence-corrected chi connectivity index (χ2v) is 5.61. The molecule has 1 heterocycles. The van der Waals surface area contributed by atoms with Crippen LogP contribution in [0.25, 0.3) is 0 Å². The zero-order valence-corrected chi connectivity index (χ0v) is 12.5. The van der Waals surface area contributed by atoms with Crippen molar-refractivity contribution in [1.29, 1.82) is 0 Å². The molecule has 108 valence electrons. The van der Waals surface area contributed by atoms with Gasteiger partial charge in [-0.05, 0) is 50.8 Å². The average molecular weight is 271 g/mol. The predicted molar refractivity (Wildman–Crippen MR) is 83.9 cm³/mol. The van der Waals surface area contributed by atoms with E-state index in [1.54, 1.807) is 6.26 Å². The summed E-state index contributed by atoms with van der Waals surface area (Å²) in [6, 6.07) is 15.8. The molecule has 0 saturated carbocycles. The van der Waals surface area contributed by atoms with Crippen LogP contribution in [0.2, 0.25) is 0 Å². The molecule has 20 heavy (non-hydrogen) atoms. The van der Waals surface area contributed by atoms with Crippen molar-refractivity contribution in [2.45, 2.75) is 51.6 Å². The molecule has 2 unspecified atom stereocenters. The van der Waals surface area contributed by atoms with Crippen molar-refractivity contribution in [2.75, 3.05) is 0 Å². The first-order valence-electron chi connectivity index (χ1n) is 7.56. The fourth-order valence-electron chi connectivity index (χ4n) is 2.49. The number of benzene rings is 1. The van der Waals surface area contributed by atoms with Gasteiger partial charge in [0.25, 0.3) is 0 Å². The molecule has 1 N–H and O–H groups in total. The van der Waals surface area contributed by atoms with Crippen LogP contribution in [0.4, 0.5) is 0 Å². The lowest BCUT2D eigenvalue weighted by Gasteiger charge is -2.19. The van der Waals surface area contributed by atoms with Crippen molar-refractivity contribution in [3.63, 3.8) is 0 Å². The van der Waals surface area contributed by atoms with E-state index in [-0.39, 0.29) is 0 Å². The minimum atomic E-state index is 0.519. The Balaban J connectivity index is 1.64. The molecule has 0 fully saturated rings. The number of rotatable bonds is 8. The van der Waals surface area contributed by atoms with Crippen molar-refractivity contribution in [1.82, 2.24) is 5.32 Å². The van der Waals surface area contributed by atoms with Gasteiger partial charge in [-0.2, -0.15) is 0 Å². The summed E-state index contributed by atoms with van der Waals surface area (Å²) in [6.07, 6.45) is 6.18. The van der Waals surface area contributed by atoms with E-state index in [0.717, 1.165) is 25.0 Å². The molecule has 0 aliphatic heterocycles. The van der Waals surface area contributed by atoms with E-state index >= 15 is 0 Å². The van der Waals surface area contributed by atoms with Crippen LogP contribution in [0.15, 0.2) is 53.1 Å². The van der Waals surface area contributed by atoms with Gasteiger partial charge in [0.1, 0.15) is 5.76 Å². The highest BCUT2D eigenvalue weighted by Crippen LogP contribution is 2.08. The molecule has 0 amide bonds. The lowest BCUT2D eigenvalue weighted by Crippen LogP contribution is -2.35. The van der Waals surface area contributed by atoms with E-state index in [2.05, 4.69) is 49.5 Å². The Morgan fingerprint density at radius 1 is 0.900 bits per heavy atom. The first-order valence-corrected chi connectivity index (χ1v) is 7.56. The summed E-state index contributed by atoms with van der Waals surface area (Å²) >= 11 is 0. The normalized spacial score (nSPS) is 14.1. The zero-order valence-electron chi connectivity index (χ0n) is 12.5. The zero-order chi connectivity index (χ0) is 14.2. The molecule has 2 rings (SSSR count). The van der Waals surface area contributed by atoms with Crippen LogP contribution < -0.4 is 5.32 Å². The van der Waals surface area contributed by atoms with Crippen LogP contribution in [0.1, 0.15) is 38.0 Å². The second kappa shape index (κ2) is 7.91. The number of aryl methyl sites for hydroxylation is 2. The Hall–Kier alpha value is -1.54. The Bertz CT molecular complexity index is 463. The molecule has 2 heteroatoms. The van der Waals surface area contributed by atoms with E-state index in [9.17, 15) is 0 Å². The van der Waals surface area contributed by atoms with Crippen molar-refractivity contribution >= 4 is 0 Å². The highest BCUT2D eigenvalue weighted by molar-refractivity contribution is 5.14. The first-order chi connectivity index (χ1) is 9.74. The van der Waals surface area contributed by atoms with E-state index in [1.807, 2.05) is 12.1 Å². The van der Waals surface area contributed by atoms with Crippen LogP contribution in [0.3, 0.4) is 0 Å². The maximum Gasteiger partial charge on any atom is 0.103 e. The van der Waals surface area contributed by atoms with E-state index in [0.29, 0.717) is 12.1 Å². The largest absolute Gasteiger partial charge is 0.469 e. The third-order valence-electron chi connectivity index (χ3n) is 3.68. The molecule has 1 aromatic carbocycles. The highest BCUT2D eigenvalue weighted by atomic mass is 16.3. The number of furan rings is 1. The van der Waals surface area contributed by atoms with Gasteiger partial charge in [0.2, 0.25) is 0 Å². The second-order valence-electron chi connectivity index (χ2n) is 5.61. The summed E-state index contributed by atoms with van der Waals surface area (Å²) in [5.41, 5.74) is 1.42. The SMILES string of the molecule is CC(CCc1ccccc1)NC(C)CCc1ccco1. The van der Waals surface area contributed by atoms with Gasteiger partial charge in [0, 0.05) is 18.5 Å². The third-order valence-corrected chi connectivity index (χ3v) is 3.68. The van der Waals surface area contributed by atoms with Gasteiger partial charge >= 0.3 is 0 Å². The van der Waals surface area contributed by atoms with Gasteiger partial charge < -0.3 is 9.73 Å². The van der Waals surface area contributed by atoms with Crippen LogP contribution in [0, 0.1) is 0 Å². The highest BCUT2D eigenvalue weighted by Gasteiger charge is 2.08. The fraction of sp³-hybridized carbons (Fsp3) is 0.444.